The van der Waals surface area contributed by atoms with Crippen molar-refractivity contribution in [3.63, 3.8) is 0 Å². The molecular weight excluding hydrogens is 408 g/mol. The molecule has 0 spiro atoms. The molecule has 7 heteroatoms. The Morgan fingerprint density at radius 1 is 1.12 bits per heavy atom. The highest BCUT2D eigenvalue weighted by Crippen LogP contribution is 2.37. The molecule has 166 valence electrons. The van der Waals surface area contributed by atoms with Crippen molar-refractivity contribution in [1.29, 1.82) is 0 Å². The number of para-hydroxylation sites is 2. The van der Waals surface area contributed by atoms with Gasteiger partial charge in [-0.05, 0) is 44.0 Å². The van der Waals surface area contributed by atoms with Crippen molar-refractivity contribution in [3.8, 4) is 16.9 Å². The molecule has 1 atom stereocenters. The van der Waals surface area contributed by atoms with Crippen molar-refractivity contribution in [2.24, 2.45) is 5.92 Å². The van der Waals surface area contributed by atoms with Crippen LogP contribution in [0.3, 0.4) is 0 Å². The molecule has 3 aliphatic heterocycles. The normalized spacial score (nSPS) is 22.1. The molecule has 1 N–H and O–H groups in total. The predicted octanol–water partition coefficient (Wildman–Crippen LogP) is 3.73. The number of carbonyl (C=O) groups is 2. The average Bonchev–Trinajstić information content (AvgIpc) is 3.27. The molecule has 32 heavy (non-hydrogen) atoms. The fraction of sp³-hybridized carbons (Fsp3) is 0.360. The van der Waals surface area contributed by atoms with E-state index in [1.54, 1.807) is 13.2 Å². The van der Waals surface area contributed by atoms with Crippen LogP contribution in [-0.2, 0) is 4.79 Å². The number of fused-ring (bicyclic) bond motifs is 4. The van der Waals surface area contributed by atoms with Crippen molar-refractivity contribution in [1.82, 2.24) is 9.80 Å². The largest absolute Gasteiger partial charge is 0.496 e. The van der Waals surface area contributed by atoms with Gasteiger partial charge in [0.15, 0.2) is 5.76 Å². The zero-order chi connectivity index (χ0) is 22.2. The molecule has 2 bridgehead atoms. The Morgan fingerprint density at radius 3 is 2.56 bits per heavy atom. The Balaban J connectivity index is 1.53. The third-order valence-electron chi connectivity index (χ3n) is 6.74. The summed E-state index contributed by atoms with van der Waals surface area (Å²) in [5, 5.41) is 10.3. The minimum absolute atomic E-state index is 0.108. The highest BCUT2D eigenvalue weighted by molar-refractivity contribution is 6.01. The van der Waals surface area contributed by atoms with E-state index in [0.717, 1.165) is 49.0 Å². The summed E-state index contributed by atoms with van der Waals surface area (Å²) < 4.78 is 11.6. The van der Waals surface area contributed by atoms with E-state index in [1.165, 1.54) is 4.90 Å². The van der Waals surface area contributed by atoms with E-state index in [9.17, 15) is 14.7 Å². The number of rotatable bonds is 6. The first-order valence-corrected chi connectivity index (χ1v) is 11.0. The summed E-state index contributed by atoms with van der Waals surface area (Å²) in [5.74, 6) is -0.171. The first-order valence-electron chi connectivity index (χ1n) is 11.0. The molecule has 3 saturated heterocycles. The lowest BCUT2D eigenvalue weighted by atomic mass is 9.83. The van der Waals surface area contributed by atoms with Crippen LogP contribution < -0.4 is 4.74 Å². The SMILES string of the molecule is COc1ccccc1-c1cccc2cc(C(=O)N(CC(=O)O)[C@H]3CN4CCC3CC4)oc12. The van der Waals surface area contributed by atoms with Gasteiger partial charge in [0, 0.05) is 29.1 Å². The van der Waals surface area contributed by atoms with Gasteiger partial charge >= 0.3 is 5.97 Å². The van der Waals surface area contributed by atoms with E-state index in [2.05, 4.69) is 4.90 Å². The topological polar surface area (TPSA) is 83.2 Å². The number of amides is 1. The quantitative estimate of drug-likeness (QED) is 0.637. The van der Waals surface area contributed by atoms with Crippen molar-refractivity contribution in [2.45, 2.75) is 18.9 Å². The van der Waals surface area contributed by atoms with E-state index in [0.29, 0.717) is 17.3 Å². The van der Waals surface area contributed by atoms with E-state index in [4.69, 9.17) is 9.15 Å². The summed E-state index contributed by atoms with van der Waals surface area (Å²) in [7, 11) is 1.62. The van der Waals surface area contributed by atoms with Crippen LogP contribution in [0.15, 0.2) is 52.9 Å². The van der Waals surface area contributed by atoms with Crippen LogP contribution in [0.4, 0.5) is 0 Å². The van der Waals surface area contributed by atoms with Crippen LogP contribution in [-0.4, -0.2) is 66.1 Å². The molecule has 3 aromatic rings. The summed E-state index contributed by atoms with van der Waals surface area (Å²) in [6.45, 7) is 2.42. The molecular formula is C25H26N2O5. The second-order valence-corrected chi connectivity index (χ2v) is 8.57. The lowest BCUT2D eigenvalue weighted by Crippen LogP contribution is -2.59. The molecule has 3 fully saturated rings. The summed E-state index contributed by atoms with van der Waals surface area (Å²) in [4.78, 5) is 29.0. The molecule has 7 nitrogen and oxygen atoms in total. The third kappa shape index (κ3) is 3.62. The van der Waals surface area contributed by atoms with Gasteiger partial charge < -0.3 is 24.1 Å². The lowest BCUT2D eigenvalue weighted by molar-refractivity contribution is -0.139. The number of aliphatic carboxylic acids is 1. The minimum atomic E-state index is -1.01. The summed E-state index contributed by atoms with van der Waals surface area (Å²) >= 11 is 0. The Kier molecular flexibility index (Phi) is 5.35. The van der Waals surface area contributed by atoms with Crippen LogP contribution in [0.2, 0.25) is 0 Å². The smallest absolute Gasteiger partial charge is 0.323 e. The van der Waals surface area contributed by atoms with Gasteiger partial charge in [0.25, 0.3) is 5.91 Å². The van der Waals surface area contributed by atoms with Crippen molar-refractivity contribution in [2.75, 3.05) is 33.3 Å². The number of piperidine rings is 3. The number of benzene rings is 2. The van der Waals surface area contributed by atoms with Crippen molar-refractivity contribution >= 4 is 22.8 Å². The number of furan rings is 1. The van der Waals surface area contributed by atoms with Gasteiger partial charge in [0.2, 0.25) is 0 Å². The number of hydrogen-bond acceptors (Lipinski definition) is 5. The highest BCUT2D eigenvalue weighted by Gasteiger charge is 2.41. The fourth-order valence-electron chi connectivity index (χ4n) is 5.16. The Hall–Kier alpha value is -3.32. The number of hydrogen-bond donors (Lipinski definition) is 1. The van der Waals surface area contributed by atoms with Gasteiger partial charge in [-0.3, -0.25) is 9.59 Å². The minimum Gasteiger partial charge on any atom is -0.496 e. The fourth-order valence-corrected chi connectivity index (χ4v) is 5.16. The Labute approximate surface area is 186 Å². The zero-order valence-corrected chi connectivity index (χ0v) is 18.0. The molecule has 0 radical (unpaired) electrons. The predicted molar refractivity (Wildman–Crippen MR) is 120 cm³/mol. The van der Waals surface area contributed by atoms with Gasteiger partial charge in [-0.15, -0.1) is 0 Å². The van der Waals surface area contributed by atoms with Gasteiger partial charge in [0.1, 0.15) is 17.9 Å². The second-order valence-electron chi connectivity index (χ2n) is 8.57. The molecule has 6 rings (SSSR count). The van der Waals surface area contributed by atoms with E-state index in [-0.39, 0.29) is 24.3 Å². The van der Waals surface area contributed by atoms with Crippen LogP contribution in [0, 0.1) is 5.92 Å². The lowest BCUT2D eigenvalue weighted by Gasteiger charge is -2.48. The summed E-state index contributed by atoms with van der Waals surface area (Å²) in [6, 6.07) is 15.0. The first-order chi connectivity index (χ1) is 15.5. The monoisotopic (exact) mass is 434 g/mol. The van der Waals surface area contributed by atoms with Crippen LogP contribution in [0.5, 0.6) is 5.75 Å². The number of carboxylic acids is 1. The molecule has 0 unspecified atom stereocenters. The molecule has 1 amide bonds. The maximum absolute atomic E-state index is 13.5. The molecule has 2 aromatic carbocycles. The number of ether oxygens (including phenoxy) is 1. The Bertz CT molecular complexity index is 1160. The number of methoxy groups -OCH3 is 1. The molecule has 4 heterocycles. The summed E-state index contributed by atoms with van der Waals surface area (Å²) in [6.07, 6.45) is 1.98. The van der Waals surface area contributed by atoms with Gasteiger partial charge in [-0.1, -0.05) is 36.4 Å². The second kappa shape index (κ2) is 8.31. The van der Waals surface area contributed by atoms with Gasteiger partial charge in [0.05, 0.1) is 7.11 Å². The average molecular weight is 434 g/mol. The van der Waals surface area contributed by atoms with E-state index < -0.39 is 5.97 Å². The van der Waals surface area contributed by atoms with E-state index in [1.807, 2.05) is 42.5 Å². The van der Waals surface area contributed by atoms with Crippen LogP contribution in [0.1, 0.15) is 23.4 Å². The summed E-state index contributed by atoms with van der Waals surface area (Å²) in [5.41, 5.74) is 2.28. The van der Waals surface area contributed by atoms with E-state index >= 15 is 0 Å². The first kappa shape index (κ1) is 20.6. The standard InChI is InChI=1S/C25H26N2O5/c1-31-21-8-3-2-6-18(21)19-7-4-5-17-13-22(32-24(17)19)25(30)27(15-23(28)29)20-14-26-11-9-16(20)10-12-26/h2-8,13,16,20H,9-12,14-15H2,1H3,(H,28,29)/t20-/m0/s1. The van der Waals surface area contributed by atoms with Crippen molar-refractivity contribution in [3.05, 3.63) is 54.3 Å². The van der Waals surface area contributed by atoms with Crippen LogP contribution in [0.25, 0.3) is 22.1 Å². The zero-order valence-electron chi connectivity index (χ0n) is 18.0. The third-order valence-corrected chi connectivity index (χ3v) is 6.74. The maximum Gasteiger partial charge on any atom is 0.323 e. The maximum atomic E-state index is 13.5. The highest BCUT2D eigenvalue weighted by atomic mass is 16.5. The molecule has 0 aliphatic carbocycles. The molecule has 0 saturated carbocycles. The van der Waals surface area contributed by atoms with Gasteiger partial charge in [-0.25, -0.2) is 0 Å². The van der Waals surface area contributed by atoms with Gasteiger partial charge in [-0.2, -0.15) is 0 Å². The van der Waals surface area contributed by atoms with Crippen molar-refractivity contribution < 1.29 is 23.8 Å². The molecule has 1 aromatic heterocycles. The Morgan fingerprint density at radius 2 is 1.88 bits per heavy atom. The number of carbonyl (C=O) groups excluding carboxylic acids is 1. The number of carboxylic acid groups (broad SMARTS) is 1. The number of nitrogens with zero attached hydrogens (tertiary/aromatic N) is 2. The van der Waals surface area contributed by atoms with Crippen LogP contribution >= 0.6 is 0 Å². The molecule has 3 aliphatic rings.